The van der Waals surface area contributed by atoms with Gasteiger partial charge in [-0.3, -0.25) is 14.5 Å². The Hall–Kier alpha value is -2.87. The second-order valence-corrected chi connectivity index (χ2v) is 7.75. The zero-order valence-electron chi connectivity index (χ0n) is 18.6. The fourth-order valence-electron chi connectivity index (χ4n) is 3.83. The number of amides is 1. The summed E-state index contributed by atoms with van der Waals surface area (Å²) in [7, 11) is 3.07. The first-order valence-electron chi connectivity index (χ1n) is 10.9. The third-order valence-electron chi connectivity index (χ3n) is 5.60. The van der Waals surface area contributed by atoms with E-state index in [0.29, 0.717) is 47.9 Å². The summed E-state index contributed by atoms with van der Waals surface area (Å²) in [6, 6.07) is 3.31. The predicted octanol–water partition coefficient (Wildman–Crippen LogP) is 2.77. The number of H-pyrrole nitrogens is 1. The number of methoxy groups -OCH3 is 2. The number of hydrogen-bond donors (Lipinski definition) is 2. The molecule has 8 nitrogen and oxygen atoms in total. The molecule has 3 rings (SSSR count). The first-order valence-corrected chi connectivity index (χ1v) is 10.9. The quantitative estimate of drug-likeness (QED) is 0.565. The number of nitrogens with zero attached hydrogens (tertiary/aromatic N) is 2. The van der Waals surface area contributed by atoms with E-state index in [-0.39, 0.29) is 18.0 Å². The van der Waals surface area contributed by atoms with Crippen molar-refractivity contribution in [3.63, 3.8) is 0 Å². The lowest BCUT2D eigenvalue weighted by atomic mass is 9.97. The lowest BCUT2D eigenvalue weighted by molar-refractivity contribution is -0.122. The van der Waals surface area contributed by atoms with Crippen LogP contribution in [-0.2, 0) is 11.3 Å². The highest BCUT2D eigenvalue weighted by atomic mass is 16.5. The molecule has 1 heterocycles. The van der Waals surface area contributed by atoms with Gasteiger partial charge in [-0.1, -0.05) is 18.6 Å². The zero-order chi connectivity index (χ0) is 22.2. The zero-order valence-corrected chi connectivity index (χ0v) is 18.6. The lowest BCUT2D eigenvalue weighted by Crippen LogP contribution is -2.38. The number of rotatable bonds is 10. The maximum absolute atomic E-state index is 12.6. The van der Waals surface area contributed by atoms with Crippen molar-refractivity contribution in [1.82, 2.24) is 20.2 Å². The SMILES string of the molecule is CCN(CC(=O)NCCC1=CCCCC1)Cc1nc2cc(OC)c(OC)cc2c(=O)[nH]1. The molecule has 0 fully saturated rings. The van der Waals surface area contributed by atoms with Gasteiger partial charge in [0, 0.05) is 12.6 Å². The van der Waals surface area contributed by atoms with E-state index in [1.165, 1.54) is 25.5 Å². The number of aromatic nitrogens is 2. The fraction of sp³-hybridized carbons (Fsp3) is 0.522. The molecule has 2 aromatic rings. The summed E-state index contributed by atoms with van der Waals surface area (Å²) >= 11 is 0. The van der Waals surface area contributed by atoms with Crippen molar-refractivity contribution in [2.75, 3.05) is 33.9 Å². The third kappa shape index (κ3) is 6.07. The van der Waals surface area contributed by atoms with Crippen molar-refractivity contribution < 1.29 is 14.3 Å². The molecule has 0 spiro atoms. The van der Waals surface area contributed by atoms with Crippen LogP contribution in [0.5, 0.6) is 11.5 Å². The minimum atomic E-state index is -0.248. The van der Waals surface area contributed by atoms with Gasteiger partial charge in [-0.15, -0.1) is 0 Å². The van der Waals surface area contributed by atoms with Gasteiger partial charge in [-0.25, -0.2) is 4.98 Å². The van der Waals surface area contributed by atoms with Gasteiger partial charge in [0.15, 0.2) is 11.5 Å². The van der Waals surface area contributed by atoms with Crippen LogP contribution in [0.3, 0.4) is 0 Å². The summed E-state index contributed by atoms with van der Waals surface area (Å²) in [5, 5.41) is 3.43. The minimum absolute atomic E-state index is 0.0206. The molecule has 31 heavy (non-hydrogen) atoms. The van der Waals surface area contributed by atoms with Crippen molar-refractivity contribution in [3.05, 3.63) is 40.0 Å². The Kier molecular flexibility index (Phi) is 8.06. The van der Waals surface area contributed by atoms with Crippen LogP contribution >= 0.6 is 0 Å². The Morgan fingerprint density at radius 3 is 2.68 bits per heavy atom. The molecule has 0 unspecified atom stereocenters. The standard InChI is InChI=1S/C23H32N4O4/c1-4-27(15-22(28)24-11-10-16-8-6-5-7-9-16)14-21-25-18-13-20(31-3)19(30-2)12-17(18)23(29)26-21/h8,12-13H,4-7,9-11,14-15H2,1-3H3,(H,24,28)(H,25,26,29). The number of hydrogen-bond acceptors (Lipinski definition) is 6. The van der Waals surface area contributed by atoms with E-state index in [0.717, 1.165) is 19.3 Å². The number of carbonyl (C=O) groups is 1. The molecule has 1 aliphatic rings. The Bertz CT molecular complexity index is 999. The lowest BCUT2D eigenvalue weighted by Gasteiger charge is -2.20. The van der Waals surface area contributed by atoms with E-state index in [2.05, 4.69) is 21.4 Å². The van der Waals surface area contributed by atoms with Crippen LogP contribution in [0.2, 0.25) is 0 Å². The maximum atomic E-state index is 12.6. The molecular weight excluding hydrogens is 396 g/mol. The van der Waals surface area contributed by atoms with Crippen LogP contribution in [0, 0.1) is 0 Å². The number of fused-ring (bicyclic) bond motifs is 1. The van der Waals surface area contributed by atoms with Crippen LogP contribution in [0.25, 0.3) is 10.9 Å². The first-order chi connectivity index (χ1) is 15.0. The summed E-state index contributed by atoms with van der Waals surface area (Å²) in [6.45, 7) is 3.92. The van der Waals surface area contributed by atoms with Crippen molar-refractivity contribution in [2.45, 2.75) is 45.6 Å². The summed E-state index contributed by atoms with van der Waals surface area (Å²) in [5.41, 5.74) is 1.73. The van der Waals surface area contributed by atoms with Gasteiger partial charge in [0.05, 0.1) is 38.2 Å². The number of aromatic amines is 1. The van der Waals surface area contributed by atoms with E-state index in [4.69, 9.17) is 9.47 Å². The Morgan fingerprint density at radius 1 is 1.23 bits per heavy atom. The van der Waals surface area contributed by atoms with Crippen LogP contribution in [0.15, 0.2) is 28.6 Å². The van der Waals surface area contributed by atoms with E-state index >= 15 is 0 Å². The molecule has 8 heteroatoms. The fourth-order valence-corrected chi connectivity index (χ4v) is 3.83. The summed E-state index contributed by atoms with van der Waals surface area (Å²) < 4.78 is 10.6. The van der Waals surface area contributed by atoms with Crippen molar-refractivity contribution in [3.8, 4) is 11.5 Å². The van der Waals surface area contributed by atoms with Gasteiger partial charge in [0.25, 0.3) is 5.56 Å². The topological polar surface area (TPSA) is 96.6 Å². The van der Waals surface area contributed by atoms with Gasteiger partial charge in [0.1, 0.15) is 5.82 Å². The number of ether oxygens (including phenoxy) is 2. The monoisotopic (exact) mass is 428 g/mol. The van der Waals surface area contributed by atoms with Crippen LogP contribution < -0.4 is 20.3 Å². The molecule has 0 atom stereocenters. The van der Waals surface area contributed by atoms with Crippen molar-refractivity contribution in [2.24, 2.45) is 0 Å². The average molecular weight is 429 g/mol. The second kappa shape index (κ2) is 10.9. The van der Waals surface area contributed by atoms with Crippen molar-refractivity contribution >= 4 is 16.8 Å². The molecule has 0 saturated heterocycles. The number of likely N-dealkylation sites (N-methyl/N-ethyl adjacent to an activating group) is 1. The number of allylic oxidation sites excluding steroid dienone is 1. The molecule has 0 aliphatic heterocycles. The second-order valence-electron chi connectivity index (χ2n) is 7.75. The highest BCUT2D eigenvalue weighted by Crippen LogP contribution is 2.29. The van der Waals surface area contributed by atoms with Gasteiger partial charge in [-0.2, -0.15) is 0 Å². The molecule has 1 aromatic heterocycles. The average Bonchev–Trinajstić information content (AvgIpc) is 2.78. The van der Waals surface area contributed by atoms with Crippen LogP contribution in [-0.4, -0.2) is 54.6 Å². The van der Waals surface area contributed by atoms with E-state index in [1.807, 2.05) is 11.8 Å². The Morgan fingerprint density at radius 2 is 2.00 bits per heavy atom. The van der Waals surface area contributed by atoms with Crippen molar-refractivity contribution in [1.29, 1.82) is 0 Å². The van der Waals surface area contributed by atoms with Gasteiger partial charge >= 0.3 is 0 Å². The van der Waals surface area contributed by atoms with Gasteiger partial charge in [0.2, 0.25) is 5.91 Å². The summed E-state index contributed by atoms with van der Waals surface area (Å²) in [4.78, 5) is 34.3. The Balaban J connectivity index is 1.63. The highest BCUT2D eigenvalue weighted by Gasteiger charge is 2.14. The number of nitrogens with one attached hydrogen (secondary N) is 2. The van der Waals surface area contributed by atoms with Gasteiger partial charge < -0.3 is 19.8 Å². The van der Waals surface area contributed by atoms with E-state index < -0.39 is 0 Å². The molecule has 0 saturated carbocycles. The molecule has 1 amide bonds. The molecule has 2 N–H and O–H groups in total. The Labute approximate surface area is 182 Å². The first kappa shape index (κ1) is 22.8. The molecular formula is C23H32N4O4. The number of carbonyl (C=O) groups excluding carboxylic acids is 1. The van der Waals surface area contributed by atoms with E-state index in [9.17, 15) is 9.59 Å². The largest absolute Gasteiger partial charge is 0.493 e. The molecule has 0 radical (unpaired) electrons. The molecule has 1 aliphatic carbocycles. The maximum Gasteiger partial charge on any atom is 0.258 e. The molecule has 1 aromatic carbocycles. The third-order valence-corrected chi connectivity index (χ3v) is 5.60. The molecule has 168 valence electrons. The summed E-state index contributed by atoms with van der Waals surface area (Å²) in [6.07, 6.45) is 8.05. The smallest absolute Gasteiger partial charge is 0.258 e. The predicted molar refractivity (Wildman–Crippen MR) is 121 cm³/mol. The summed E-state index contributed by atoms with van der Waals surface area (Å²) in [5.74, 6) is 1.48. The van der Waals surface area contributed by atoms with Crippen LogP contribution in [0.1, 0.15) is 44.9 Å². The normalized spacial score (nSPS) is 13.9. The van der Waals surface area contributed by atoms with Gasteiger partial charge in [-0.05, 0) is 44.7 Å². The van der Waals surface area contributed by atoms with Crippen LogP contribution in [0.4, 0.5) is 0 Å². The highest BCUT2D eigenvalue weighted by molar-refractivity contribution is 5.82. The number of benzene rings is 1. The minimum Gasteiger partial charge on any atom is -0.493 e. The van der Waals surface area contributed by atoms with E-state index in [1.54, 1.807) is 19.2 Å². The molecule has 0 bridgehead atoms.